The van der Waals surface area contributed by atoms with Crippen LogP contribution < -0.4 is 0 Å². The molecular formula is C9H17NO. The zero-order valence-corrected chi connectivity index (χ0v) is 7.63. The highest BCUT2D eigenvalue weighted by Crippen LogP contribution is 2.03. The van der Waals surface area contributed by atoms with Gasteiger partial charge in [-0.15, -0.1) is 0 Å². The molecule has 0 radical (unpaired) electrons. The summed E-state index contributed by atoms with van der Waals surface area (Å²) in [5.74, 6) is 0. The number of ether oxygens (including phenoxy) is 1. The average molecular weight is 155 g/mol. The summed E-state index contributed by atoms with van der Waals surface area (Å²) in [6.07, 6.45) is 5.89. The van der Waals surface area contributed by atoms with Crippen molar-refractivity contribution in [3.8, 4) is 0 Å². The third kappa shape index (κ3) is 5.80. The maximum Gasteiger partial charge on any atom is 0.0517 e. The molecule has 0 aliphatic carbocycles. The molecule has 0 aromatic carbocycles. The molecule has 0 aliphatic rings. The van der Waals surface area contributed by atoms with Gasteiger partial charge < -0.3 is 4.74 Å². The number of hydrogen-bond donors (Lipinski definition) is 0. The summed E-state index contributed by atoms with van der Waals surface area (Å²) in [5, 5.41) is 0. The molecule has 2 heteroatoms. The molecular weight excluding hydrogens is 138 g/mol. The fraction of sp³-hybridized carbons (Fsp3) is 0.667. The van der Waals surface area contributed by atoms with Crippen LogP contribution in [0, 0.1) is 0 Å². The zero-order valence-electron chi connectivity index (χ0n) is 7.63. The summed E-state index contributed by atoms with van der Waals surface area (Å²) in [5.41, 5.74) is 1.12. The van der Waals surface area contributed by atoms with Gasteiger partial charge in [0.05, 0.1) is 6.61 Å². The predicted molar refractivity (Wildman–Crippen MR) is 49.0 cm³/mol. The van der Waals surface area contributed by atoms with E-state index in [9.17, 15) is 0 Å². The van der Waals surface area contributed by atoms with Crippen LogP contribution in [0.15, 0.2) is 16.8 Å². The van der Waals surface area contributed by atoms with E-state index in [1.165, 1.54) is 0 Å². The van der Waals surface area contributed by atoms with Gasteiger partial charge in [0.1, 0.15) is 0 Å². The zero-order chi connectivity index (χ0) is 8.53. The minimum Gasteiger partial charge on any atom is -0.384 e. The Morgan fingerprint density at radius 3 is 2.73 bits per heavy atom. The van der Waals surface area contributed by atoms with Crippen molar-refractivity contribution in [2.75, 3.05) is 13.7 Å². The molecule has 0 amide bonds. The molecule has 0 saturated heterocycles. The number of methoxy groups -OCH3 is 1. The van der Waals surface area contributed by atoms with Gasteiger partial charge in [-0.25, -0.2) is 0 Å². The van der Waals surface area contributed by atoms with Gasteiger partial charge in [-0.3, -0.25) is 4.99 Å². The van der Waals surface area contributed by atoms with Crippen molar-refractivity contribution in [3.05, 3.63) is 11.8 Å². The molecule has 0 aromatic heterocycles. The molecule has 0 bridgehead atoms. The monoisotopic (exact) mass is 155 g/mol. The van der Waals surface area contributed by atoms with Gasteiger partial charge in [0.2, 0.25) is 0 Å². The summed E-state index contributed by atoms with van der Waals surface area (Å²) in [7, 11) is 1.71. The van der Waals surface area contributed by atoms with Crippen molar-refractivity contribution in [1.29, 1.82) is 0 Å². The first-order chi connectivity index (χ1) is 5.35. The second-order valence-corrected chi connectivity index (χ2v) is 2.23. The van der Waals surface area contributed by atoms with E-state index < -0.39 is 0 Å². The van der Waals surface area contributed by atoms with Gasteiger partial charge in [-0.1, -0.05) is 13.0 Å². The van der Waals surface area contributed by atoms with Gasteiger partial charge >= 0.3 is 0 Å². The lowest BCUT2D eigenvalue weighted by Gasteiger charge is -1.99. The van der Waals surface area contributed by atoms with Crippen LogP contribution in [0.1, 0.15) is 26.7 Å². The van der Waals surface area contributed by atoms with Crippen LogP contribution in [0.5, 0.6) is 0 Å². The predicted octanol–water partition coefficient (Wildman–Crippen LogP) is 2.41. The first-order valence-corrected chi connectivity index (χ1v) is 4.01. The van der Waals surface area contributed by atoms with Crippen molar-refractivity contribution in [2.24, 2.45) is 4.99 Å². The summed E-state index contributed by atoms with van der Waals surface area (Å²) < 4.78 is 4.95. The molecule has 0 rings (SSSR count). The van der Waals surface area contributed by atoms with E-state index in [0.717, 1.165) is 25.1 Å². The first-order valence-electron chi connectivity index (χ1n) is 4.01. The number of nitrogens with zero attached hydrogens (tertiary/aromatic N) is 1. The van der Waals surface area contributed by atoms with Crippen molar-refractivity contribution in [2.45, 2.75) is 26.7 Å². The van der Waals surface area contributed by atoms with E-state index in [4.69, 9.17) is 4.74 Å². The molecule has 0 unspecified atom stereocenters. The third-order valence-electron chi connectivity index (χ3n) is 1.30. The molecule has 0 N–H and O–H groups in total. The van der Waals surface area contributed by atoms with Crippen LogP contribution >= 0.6 is 0 Å². The Morgan fingerprint density at radius 1 is 1.55 bits per heavy atom. The minimum atomic E-state index is 0.753. The Hall–Kier alpha value is -0.630. The molecule has 2 nitrogen and oxygen atoms in total. The smallest absolute Gasteiger partial charge is 0.0517 e. The molecule has 0 saturated carbocycles. The van der Waals surface area contributed by atoms with Crippen LogP contribution in [0.2, 0.25) is 0 Å². The topological polar surface area (TPSA) is 21.6 Å². The third-order valence-corrected chi connectivity index (χ3v) is 1.30. The van der Waals surface area contributed by atoms with Gasteiger partial charge in [-0.2, -0.15) is 0 Å². The highest BCUT2D eigenvalue weighted by molar-refractivity contribution is 5.55. The summed E-state index contributed by atoms with van der Waals surface area (Å²) >= 11 is 0. The quantitative estimate of drug-likeness (QED) is 0.559. The maximum absolute atomic E-state index is 4.95. The fourth-order valence-electron chi connectivity index (χ4n) is 0.827. The average Bonchev–Trinajstić information content (AvgIpc) is 2.01. The second-order valence-electron chi connectivity index (χ2n) is 2.23. The van der Waals surface area contributed by atoms with Gasteiger partial charge in [0, 0.05) is 25.4 Å². The largest absolute Gasteiger partial charge is 0.384 e. The fourth-order valence-corrected chi connectivity index (χ4v) is 0.827. The Bertz CT molecular complexity index is 138. The van der Waals surface area contributed by atoms with Gasteiger partial charge in [0.15, 0.2) is 0 Å². The van der Waals surface area contributed by atoms with E-state index in [-0.39, 0.29) is 0 Å². The van der Waals surface area contributed by atoms with Gasteiger partial charge in [-0.05, 0) is 13.3 Å². The Morgan fingerprint density at radius 2 is 2.27 bits per heavy atom. The molecule has 0 spiro atoms. The molecule has 0 aliphatic heterocycles. The number of aliphatic imine (C=N–C) groups is 1. The molecule has 0 atom stereocenters. The Labute approximate surface area is 69.0 Å². The highest BCUT2D eigenvalue weighted by Gasteiger charge is 1.90. The lowest BCUT2D eigenvalue weighted by atomic mass is 10.3. The van der Waals surface area contributed by atoms with Crippen molar-refractivity contribution < 1.29 is 4.74 Å². The van der Waals surface area contributed by atoms with Crippen LogP contribution in [0.3, 0.4) is 0 Å². The first kappa shape index (κ1) is 10.4. The van der Waals surface area contributed by atoms with Crippen LogP contribution in [-0.4, -0.2) is 19.9 Å². The van der Waals surface area contributed by atoms with E-state index in [1.807, 2.05) is 13.1 Å². The summed E-state index contributed by atoms with van der Waals surface area (Å²) in [4.78, 5) is 4.21. The molecule has 0 heterocycles. The van der Waals surface area contributed by atoms with Crippen molar-refractivity contribution >= 4 is 6.21 Å². The van der Waals surface area contributed by atoms with Crippen LogP contribution in [0.4, 0.5) is 0 Å². The van der Waals surface area contributed by atoms with E-state index in [0.29, 0.717) is 0 Å². The van der Waals surface area contributed by atoms with Crippen LogP contribution in [0.25, 0.3) is 0 Å². The second kappa shape index (κ2) is 7.48. The van der Waals surface area contributed by atoms with E-state index in [1.54, 1.807) is 7.11 Å². The molecule has 64 valence electrons. The minimum absolute atomic E-state index is 0.753. The standard InChI is InChI=1S/C9H17NO/c1-4-6-9(10-5-2)7-8-11-3/h5-6H,4,7-8H2,1-3H3/b9-6-,10-5?. The molecule has 0 fully saturated rings. The Balaban J connectivity index is 3.79. The van der Waals surface area contributed by atoms with Gasteiger partial charge in [0.25, 0.3) is 0 Å². The SMILES string of the molecule is CC=N/C(=C\CC)CCOC. The highest BCUT2D eigenvalue weighted by atomic mass is 16.5. The molecule has 0 aromatic rings. The lowest BCUT2D eigenvalue weighted by molar-refractivity contribution is 0.202. The summed E-state index contributed by atoms with van der Waals surface area (Å²) in [6, 6.07) is 0. The normalized spacial score (nSPS) is 12.8. The lowest BCUT2D eigenvalue weighted by Crippen LogP contribution is -1.90. The van der Waals surface area contributed by atoms with E-state index >= 15 is 0 Å². The number of rotatable bonds is 5. The molecule has 11 heavy (non-hydrogen) atoms. The number of allylic oxidation sites excluding steroid dienone is 1. The number of hydrogen-bond acceptors (Lipinski definition) is 2. The van der Waals surface area contributed by atoms with Crippen molar-refractivity contribution in [1.82, 2.24) is 0 Å². The van der Waals surface area contributed by atoms with E-state index in [2.05, 4.69) is 18.0 Å². The summed E-state index contributed by atoms with van der Waals surface area (Å²) in [6.45, 7) is 4.79. The van der Waals surface area contributed by atoms with Crippen molar-refractivity contribution in [3.63, 3.8) is 0 Å². The maximum atomic E-state index is 4.95. The van der Waals surface area contributed by atoms with Crippen LogP contribution in [-0.2, 0) is 4.74 Å². The Kier molecular flexibility index (Phi) is 7.05.